The number of hydrogen-bond acceptors (Lipinski definition) is 7. The summed E-state index contributed by atoms with van der Waals surface area (Å²) >= 11 is 1.53. The molecule has 1 amide bonds. The van der Waals surface area contributed by atoms with E-state index >= 15 is 0 Å². The molecule has 2 aliphatic heterocycles. The number of thioether (sulfide) groups is 1. The topological polar surface area (TPSA) is 71.7 Å². The predicted molar refractivity (Wildman–Crippen MR) is 103 cm³/mol. The Bertz CT molecular complexity index is 798. The maximum absolute atomic E-state index is 12.5. The molecule has 0 unspecified atom stereocenters. The highest BCUT2D eigenvalue weighted by Gasteiger charge is 2.21. The van der Waals surface area contributed by atoms with Gasteiger partial charge in [0, 0.05) is 37.9 Å². The van der Waals surface area contributed by atoms with Gasteiger partial charge in [0.15, 0.2) is 10.9 Å². The molecule has 0 aliphatic carbocycles. The number of aromatic nitrogens is 2. The van der Waals surface area contributed by atoms with E-state index in [2.05, 4.69) is 9.88 Å². The lowest BCUT2D eigenvalue weighted by Gasteiger charge is -2.25. The zero-order valence-corrected chi connectivity index (χ0v) is 16.3. The van der Waals surface area contributed by atoms with Crippen LogP contribution in [-0.4, -0.2) is 60.2 Å². The largest absolute Gasteiger partial charge is 0.455 e. The van der Waals surface area contributed by atoms with Crippen LogP contribution in [0.2, 0.25) is 0 Å². The van der Waals surface area contributed by atoms with Gasteiger partial charge in [-0.1, -0.05) is 11.8 Å². The molecule has 2 aromatic rings. The molecule has 0 saturated carbocycles. The molecule has 4 heterocycles. The first-order chi connectivity index (χ1) is 13.2. The molecule has 0 N–H and O–H groups in total. The van der Waals surface area contributed by atoms with Crippen LogP contribution in [0.25, 0.3) is 0 Å². The first-order valence-electron chi connectivity index (χ1n) is 9.38. The highest BCUT2D eigenvalue weighted by Crippen LogP contribution is 2.25. The number of furan rings is 1. The number of hydrogen-bond donors (Lipinski definition) is 0. The first kappa shape index (κ1) is 18.3. The van der Waals surface area contributed by atoms with Crippen molar-refractivity contribution in [2.45, 2.75) is 30.7 Å². The van der Waals surface area contributed by atoms with Gasteiger partial charge in [-0.05, 0) is 31.9 Å². The van der Waals surface area contributed by atoms with Gasteiger partial charge < -0.3 is 19.0 Å². The van der Waals surface area contributed by atoms with Crippen molar-refractivity contribution >= 4 is 23.5 Å². The van der Waals surface area contributed by atoms with Gasteiger partial charge in [0.1, 0.15) is 11.6 Å². The quantitative estimate of drug-likeness (QED) is 0.576. The zero-order chi connectivity index (χ0) is 18.6. The molecule has 0 aromatic carbocycles. The fourth-order valence-corrected chi connectivity index (χ4v) is 4.12. The highest BCUT2D eigenvalue weighted by molar-refractivity contribution is 7.98. The van der Waals surface area contributed by atoms with Crippen LogP contribution < -0.4 is 4.90 Å². The van der Waals surface area contributed by atoms with Crippen molar-refractivity contribution in [1.82, 2.24) is 14.9 Å². The van der Waals surface area contributed by atoms with E-state index in [1.54, 1.807) is 11.0 Å². The molecular formula is C19H24N4O3S. The first-order valence-corrected chi connectivity index (χ1v) is 10.4. The average molecular weight is 388 g/mol. The summed E-state index contributed by atoms with van der Waals surface area (Å²) in [6.45, 7) is 6.51. The van der Waals surface area contributed by atoms with Gasteiger partial charge in [-0.15, -0.1) is 0 Å². The lowest BCUT2D eigenvalue weighted by Crippen LogP contribution is -2.40. The predicted octanol–water partition coefficient (Wildman–Crippen LogP) is 2.74. The third-order valence-corrected chi connectivity index (χ3v) is 5.63. The van der Waals surface area contributed by atoms with E-state index in [0.717, 1.165) is 35.5 Å². The summed E-state index contributed by atoms with van der Waals surface area (Å²) in [5.74, 6) is 2.67. The maximum Gasteiger partial charge on any atom is 0.289 e. The van der Waals surface area contributed by atoms with Gasteiger partial charge in [0.2, 0.25) is 0 Å². The van der Waals surface area contributed by atoms with Gasteiger partial charge in [-0.2, -0.15) is 0 Å². The number of amides is 1. The van der Waals surface area contributed by atoms with Crippen molar-refractivity contribution in [2.75, 3.05) is 44.3 Å². The summed E-state index contributed by atoms with van der Waals surface area (Å²) in [5, 5.41) is 0.745. The molecule has 0 bridgehead atoms. The molecular weight excluding hydrogens is 364 g/mol. The van der Waals surface area contributed by atoms with Gasteiger partial charge in [0.25, 0.3) is 5.91 Å². The van der Waals surface area contributed by atoms with Gasteiger partial charge in [-0.3, -0.25) is 4.79 Å². The molecule has 0 radical (unpaired) electrons. The summed E-state index contributed by atoms with van der Waals surface area (Å²) < 4.78 is 11.1. The van der Waals surface area contributed by atoms with E-state index in [-0.39, 0.29) is 5.91 Å². The van der Waals surface area contributed by atoms with Crippen LogP contribution in [0.5, 0.6) is 0 Å². The smallest absolute Gasteiger partial charge is 0.289 e. The second kappa shape index (κ2) is 8.31. The standard InChI is InChI=1S/C19H24N4O3S/c1-14-12-17(22-6-2-3-7-22)21-19(20-14)27-13-15-4-5-16(26-15)18(24)23-8-10-25-11-9-23/h4-5,12H,2-3,6-11,13H2,1H3. The minimum atomic E-state index is -0.0716. The van der Waals surface area contributed by atoms with Crippen molar-refractivity contribution in [3.8, 4) is 0 Å². The molecule has 2 aliphatic rings. The molecule has 4 rings (SSSR count). The third kappa shape index (κ3) is 4.44. The van der Waals surface area contributed by atoms with Gasteiger partial charge in [0.05, 0.1) is 19.0 Å². The molecule has 0 spiro atoms. The molecule has 27 heavy (non-hydrogen) atoms. The van der Waals surface area contributed by atoms with Crippen LogP contribution in [0, 0.1) is 6.92 Å². The fraction of sp³-hybridized carbons (Fsp3) is 0.526. The van der Waals surface area contributed by atoms with Crippen LogP contribution in [-0.2, 0) is 10.5 Å². The Balaban J connectivity index is 1.39. The summed E-state index contributed by atoms with van der Waals surface area (Å²) in [4.78, 5) is 25.8. The highest BCUT2D eigenvalue weighted by atomic mass is 32.2. The number of rotatable bonds is 5. The van der Waals surface area contributed by atoms with Crippen molar-refractivity contribution < 1.29 is 13.9 Å². The van der Waals surface area contributed by atoms with E-state index in [1.165, 1.54) is 24.6 Å². The van der Waals surface area contributed by atoms with Crippen molar-refractivity contribution in [1.29, 1.82) is 0 Å². The van der Waals surface area contributed by atoms with Crippen molar-refractivity contribution in [2.24, 2.45) is 0 Å². The summed E-state index contributed by atoms with van der Waals surface area (Å²) in [6.07, 6.45) is 2.44. The lowest BCUT2D eigenvalue weighted by atomic mass is 10.3. The number of ether oxygens (including phenoxy) is 1. The van der Waals surface area contributed by atoms with Gasteiger partial charge in [-0.25, -0.2) is 9.97 Å². The number of nitrogens with zero attached hydrogens (tertiary/aromatic N) is 4. The minimum absolute atomic E-state index is 0.0716. The van der Waals surface area contributed by atoms with Crippen LogP contribution in [0.4, 0.5) is 5.82 Å². The lowest BCUT2D eigenvalue weighted by molar-refractivity contribution is 0.0282. The molecule has 0 atom stereocenters. The van der Waals surface area contributed by atoms with E-state index < -0.39 is 0 Å². The Labute approximate surface area is 163 Å². The number of carbonyl (C=O) groups excluding carboxylic acids is 1. The van der Waals surface area contributed by atoms with Crippen LogP contribution in [0.3, 0.4) is 0 Å². The van der Waals surface area contributed by atoms with E-state index in [1.807, 2.05) is 19.1 Å². The molecule has 7 nitrogen and oxygen atoms in total. The molecule has 2 aromatic heterocycles. The van der Waals surface area contributed by atoms with Crippen molar-refractivity contribution in [3.05, 3.63) is 35.4 Å². The minimum Gasteiger partial charge on any atom is -0.455 e. The second-order valence-electron chi connectivity index (χ2n) is 6.80. The Morgan fingerprint density at radius 2 is 1.93 bits per heavy atom. The number of carbonyl (C=O) groups is 1. The molecule has 144 valence electrons. The molecule has 2 saturated heterocycles. The SMILES string of the molecule is Cc1cc(N2CCCC2)nc(SCc2ccc(C(=O)N3CCOCC3)o2)n1. The van der Waals surface area contributed by atoms with Crippen LogP contribution in [0.15, 0.2) is 27.8 Å². The second-order valence-corrected chi connectivity index (χ2v) is 7.75. The summed E-state index contributed by atoms with van der Waals surface area (Å²) in [5.41, 5.74) is 0.969. The summed E-state index contributed by atoms with van der Waals surface area (Å²) in [6, 6.07) is 5.65. The summed E-state index contributed by atoms with van der Waals surface area (Å²) in [7, 11) is 0. The van der Waals surface area contributed by atoms with E-state index in [9.17, 15) is 4.79 Å². The maximum atomic E-state index is 12.5. The molecule has 2 fully saturated rings. The van der Waals surface area contributed by atoms with Crippen molar-refractivity contribution in [3.63, 3.8) is 0 Å². The third-order valence-electron chi connectivity index (χ3n) is 4.76. The van der Waals surface area contributed by atoms with E-state index in [0.29, 0.717) is 37.8 Å². The number of morpholine rings is 1. The van der Waals surface area contributed by atoms with E-state index in [4.69, 9.17) is 14.1 Å². The Hall–Kier alpha value is -2.06. The Morgan fingerprint density at radius 3 is 2.70 bits per heavy atom. The Kier molecular flexibility index (Phi) is 5.63. The van der Waals surface area contributed by atoms with Crippen LogP contribution in [0.1, 0.15) is 34.9 Å². The Morgan fingerprint density at radius 1 is 1.15 bits per heavy atom. The average Bonchev–Trinajstić information content (AvgIpc) is 3.38. The number of aryl methyl sites for hydroxylation is 1. The monoisotopic (exact) mass is 388 g/mol. The fourth-order valence-electron chi connectivity index (χ4n) is 3.33. The normalized spacial score (nSPS) is 17.5. The molecule has 8 heteroatoms. The van der Waals surface area contributed by atoms with Crippen LogP contribution >= 0.6 is 11.8 Å². The van der Waals surface area contributed by atoms with Gasteiger partial charge >= 0.3 is 0 Å². The zero-order valence-electron chi connectivity index (χ0n) is 15.5. The number of anilines is 1.